The van der Waals surface area contributed by atoms with E-state index in [9.17, 15) is 4.79 Å². The molecule has 0 radical (unpaired) electrons. The number of carbonyl (C=O) groups excluding carboxylic acids is 1. The lowest BCUT2D eigenvalue weighted by Crippen LogP contribution is -2.54. The van der Waals surface area contributed by atoms with E-state index in [0.717, 1.165) is 23.4 Å². The van der Waals surface area contributed by atoms with Crippen molar-refractivity contribution in [3.05, 3.63) is 41.2 Å². The quantitative estimate of drug-likeness (QED) is 0.889. The summed E-state index contributed by atoms with van der Waals surface area (Å²) in [6.45, 7) is 9.43. The first kappa shape index (κ1) is 19.4. The summed E-state index contributed by atoms with van der Waals surface area (Å²) in [4.78, 5) is 14.7. The summed E-state index contributed by atoms with van der Waals surface area (Å²) < 4.78 is 1.72. The van der Waals surface area contributed by atoms with Gasteiger partial charge in [0.05, 0.1) is 11.4 Å². The van der Waals surface area contributed by atoms with Crippen molar-refractivity contribution in [2.75, 3.05) is 13.1 Å². The smallest absolute Gasteiger partial charge is 0.276 e. The van der Waals surface area contributed by atoms with Gasteiger partial charge in [0.25, 0.3) is 5.91 Å². The Balaban J connectivity index is 0.00000225. The lowest BCUT2D eigenvalue weighted by atomic mass is 9.79. The van der Waals surface area contributed by atoms with Crippen molar-refractivity contribution in [3.8, 4) is 5.69 Å². The first-order valence-corrected chi connectivity index (χ1v) is 8.34. The Morgan fingerprint density at radius 1 is 1.32 bits per heavy atom. The molecule has 1 aliphatic rings. The van der Waals surface area contributed by atoms with Crippen molar-refractivity contribution in [2.45, 2.75) is 40.2 Å². The molecule has 7 heteroatoms. The van der Waals surface area contributed by atoms with E-state index in [4.69, 9.17) is 5.73 Å². The van der Waals surface area contributed by atoms with Crippen LogP contribution in [0.25, 0.3) is 5.69 Å². The van der Waals surface area contributed by atoms with Crippen LogP contribution in [0.4, 0.5) is 0 Å². The van der Waals surface area contributed by atoms with Gasteiger partial charge in [-0.15, -0.1) is 17.5 Å². The topological polar surface area (TPSA) is 77.0 Å². The van der Waals surface area contributed by atoms with Gasteiger partial charge >= 0.3 is 0 Å². The Labute approximate surface area is 154 Å². The molecule has 0 spiro atoms. The van der Waals surface area contributed by atoms with Gasteiger partial charge in [0, 0.05) is 19.1 Å². The minimum Gasteiger partial charge on any atom is -0.337 e. The third-order valence-electron chi connectivity index (χ3n) is 4.94. The maximum absolute atomic E-state index is 12.9. The lowest BCUT2D eigenvalue weighted by molar-refractivity contribution is 0.0526. The molecule has 0 bridgehead atoms. The van der Waals surface area contributed by atoms with Crippen LogP contribution in [0, 0.1) is 19.3 Å². The highest BCUT2D eigenvalue weighted by atomic mass is 35.5. The van der Waals surface area contributed by atoms with E-state index in [1.807, 2.05) is 43.0 Å². The summed E-state index contributed by atoms with van der Waals surface area (Å²) in [6, 6.07) is 8.11. The van der Waals surface area contributed by atoms with Crippen LogP contribution in [0.1, 0.15) is 42.0 Å². The molecule has 2 N–H and O–H groups in total. The predicted octanol–water partition coefficient (Wildman–Crippen LogP) is 2.51. The van der Waals surface area contributed by atoms with Crippen LogP contribution in [0.2, 0.25) is 0 Å². The second-order valence-corrected chi connectivity index (χ2v) is 7.38. The molecule has 1 fully saturated rings. The van der Waals surface area contributed by atoms with Gasteiger partial charge in [-0.05, 0) is 43.4 Å². The maximum atomic E-state index is 12.9. The highest BCUT2D eigenvalue weighted by Gasteiger charge is 2.36. The molecular weight excluding hydrogens is 338 g/mol. The second kappa shape index (κ2) is 7.14. The molecule has 1 aromatic carbocycles. The number of likely N-dealkylation sites (tertiary alicyclic amines) is 1. The van der Waals surface area contributed by atoms with E-state index in [0.29, 0.717) is 18.8 Å². The molecule has 1 aromatic heterocycles. The highest BCUT2D eigenvalue weighted by molar-refractivity contribution is 5.93. The third kappa shape index (κ3) is 3.70. The van der Waals surface area contributed by atoms with Crippen molar-refractivity contribution in [1.29, 1.82) is 0 Å². The van der Waals surface area contributed by atoms with Crippen LogP contribution in [0.15, 0.2) is 24.3 Å². The molecular formula is C18H26ClN5O. The Bertz CT molecular complexity index is 771. The van der Waals surface area contributed by atoms with E-state index >= 15 is 0 Å². The molecule has 2 aromatic rings. The van der Waals surface area contributed by atoms with Gasteiger partial charge in [0.15, 0.2) is 5.69 Å². The van der Waals surface area contributed by atoms with Gasteiger partial charge < -0.3 is 10.6 Å². The third-order valence-corrected chi connectivity index (χ3v) is 4.94. The van der Waals surface area contributed by atoms with Crippen molar-refractivity contribution in [3.63, 3.8) is 0 Å². The number of benzene rings is 1. The number of amides is 1. The Hall–Kier alpha value is -1.92. The average molecular weight is 364 g/mol. The molecule has 2 heterocycles. The summed E-state index contributed by atoms with van der Waals surface area (Å²) in [5.41, 5.74) is 9.32. The van der Waals surface area contributed by atoms with Gasteiger partial charge in [-0.1, -0.05) is 31.2 Å². The molecule has 1 aliphatic heterocycles. The summed E-state index contributed by atoms with van der Waals surface area (Å²) in [5, 5.41) is 8.34. The lowest BCUT2D eigenvalue weighted by Gasteiger charge is -2.42. The number of halogens is 1. The zero-order valence-electron chi connectivity index (χ0n) is 15.2. The number of hydrogen-bond donors (Lipinski definition) is 1. The van der Waals surface area contributed by atoms with Crippen LogP contribution in [-0.4, -0.2) is 44.9 Å². The normalized spacial score (nSPS) is 19.4. The minimum atomic E-state index is -0.0889. The molecule has 6 nitrogen and oxygen atoms in total. The molecule has 1 unspecified atom stereocenters. The van der Waals surface area contributed by atoms with E-state index in [1.54, 1.807) is 4.68 Å². The zero-order valence-corrected chi connectivity index (χ0v) is 16.0. The highest BCUT2D eigenvalue weighted by Crippen LogP contribution is 2.28. The predicted molar refractivity (Wildman–Crippen MR) is 100 cm³/mol. The fourth-order valence-electron chi connectivity index (χ4n) is 3.23. The van der Waals surface area contributed by atoms with Crippen molar-refractivity contribution < 1.29 is 4.79 Å². The van der Waals surface area contributed by atoms with Gasteiger partial charge in [-0.2, -0.15) is 0 Å². The number of hydrogen-bond acceptors (Lipinski definition) is 4. The summed E-state index contributed by atoms with van der Waals surface area (Å²) >= 11 is 0. The number of aryl methyl sites for hydroxylation is 1. The van der Waals surface area contributed by atoms with Gasteiger partial charge in [-0.3, -0.25) is 4.79 Å². The monoisotopic (exact) mass is 363 g/mol. The largest absolute Gasteiger partial charge is 0.337 e. The summed E-state index contributed by atoms with van der Waals surface area (Å²) in [6.07, 6.45) is 0.809. The van der Waals surface area contributed by atoms with Crippen LogP contribution >= 0.6 is 12.4 Å². The second-order valence-electron chi connectivity index (χ2n) is 7.38. The molecule has 3 rings (SSSR count). The summed E-state index contributed by atoms with van der Waals surface area (Å²) in [5.74, 6) is -0.0635. The van der Waals surface area contributed by atoms with E-state index in [2.05, 4.69) is 24.2 Å². The van der Waals surface area contributed by atoms with Gasteiger partial charge in [0.2, 0.25) is 0 Å². The number of carbonyl (C=O) groups is 1. The van der Waals surface area contributed by atoms with Crippen LogP contribution in [0.5, 0.6) is 0 Å². The first-order valence-electron chi connectivity index (χ1n) is 8.34. The molecule has 1 amide bonds. The summed E-state index contributed by atoms with van der Waals surface area (Å²) in [7, 11) is 0. The molecule has 25 heavy (non-hydrogen) atoms. The Morgan fingerprint density at radius 2 is 2.04 bits per heavy atom. The Morgan fingerprint density at radius 3 is 2.68 bits per heavy atom. The number of rotatable bonds is 2. The van der Waals surface area contributed by atoms with Crippen molar-refractivity contribution in [1.82, 2.24) is 19.9 Å². The van der Waals surface area contributed by atoms with Gasteiger partial charge in [-0.25, -0.2) is 4.68 Å². The molecule has 1 saturated heterocycles. The maximum Gasteiger partial charge on any atom is 0.276 e. The molecule has 0 aliphatic carbocycles. The fraction of sp³-hybridized carbons (Fsp3) is 0.500. The fourth-order valence-corrected chi connectivity index (χ4v) is 3.23. The molecule has 1 atom stereocenters. The number of piperidine rings is 1. The molecule has 0 saturated carbocycles. The number of aromatic nitrogens is 3. The van der Waals surface area contributed by atoms with Crippen molar-refractivity contribution in [2.24, 2.45) is 11.1 Å². The van der Waals surface area contributed by atoms with Crippen LogP contribution < -0.4 is 5.73 Å². The van der Waals surface area contributed by atoms with E-state index in [-0.39, 0.29) is 29.8 Å². The Kier molecular flexibility index (Phi) is 5.54. The van der Waals surface area contributed by atoms with Crippen LogP contribution in [0.3, 0.4) is 0 Å². The van der Waals surface area contributed by atoms with Crippen LogP contribution in [-0.2, 0) is 0 Å². The van der Waals surface area contributed by atoms with E-state index in [1.165, 1.54) is 0 Å². The molecule has 136 valence electrons. The zero-order chi connectivity index (χ0) is 17.5. The van der Waals surface area contributed by atoms with Gasteiger partial charge in [0.1, 0.15) is 0 Å². The van der Waals surface area contributed by atoms with Crippen molar-refractivity contribution >= 4 is 18.3 Å². The SMILES string of the molecule is Cc1cccc(-n2nnc(C(=O)N3CCC(N)C(C)(C)C3)c2C)c1.Cl. The first-order chi connectivity index (χ1) is 11.3. The standard InChI is InChI=1S/C18H25N5O.ClH/c1-12-6-5-7-14(10-12)23-13(2)16(20-21-23)17(24)22-9-8-15(19)18(3,4)11-22;/h5-7,10,15H,8-9,11,19H2,1-4H3;1H. The number of nitrogens with two attached hydrogens (primary N) is 1. The number of nitrogens with zero attached hydrogens (tertiary/aromatic N) is 4. The average Bonchev–Trinajstić information content (AvgIpc) is 2.91. The minimum absolute atomic E-state index is 0. The van der Waals surface area contributed by atoms with E-state index < -0.39 is 0 Å².